The molecule has 0 heterocycles. The lowest BCUT2D eigenvalue weighted by Crippen LogP contribution is -2.19. The fourth-order valence-electron chi connectivity index (χ4n) is 2.88. The quantitative estimate of drug-likeness (QED) is 0.0542. The van der Waals surface area contributed by atoms with Gasteiger partial charge < -0.3 is 9.47 Å². The second-order valence-electron chi connectivity index (χ2n) is 7.23. The maximum Gasteiger partial charge on any atom is 0.157 e. The summed E-state index contributed by atoms with van der Waals surface area (Å²) in [5, 5.41) is 0. The summed E-state index contributed by atoms with van der Waals surface area (Å²) in [7, 11) is 0. The van der Waals surface area contributed by atoms with Gasteiger partial charge in [0.05, 0.1) is 0 Å². The van der Waals surface area contributed by atoms with Gasteiger partial charge in [0.15, 0.2) is 6.29 Å². The molecule has 0 atom stereocenters. The minimum absolute atomic E-state index is 0.0254. The van der Waals surface area contributed by atoms with Crippen molar-refractivity contribution in [3.05, 3.63) is 12.2 Å². The SMILES string of the molecule is CCCCCCOC(CCCCC/C=C\CCCI)OCCCCCC. The molecule has 26 heavy (non-hydrogen) atoms. The van der Waals surface area contributed by atoms with Gasteiger partial charge in [0.25, 0.3) is 0 Å². The predicted molar refractivity (Wildman–Crippen MR) is 124 cm³/mol. The first kappa shape index (κ1) is 26.4. The summed E-state index contributed by atoms with van der Waals surface area (Å²) in [6.45, 7) is 6.22. The second-order valence-corrected chi connectivity index (χ2v) is 8.31. The van der Waals surface area contributed by atoms with E-state index in [1.807, 2.05) is 0 Å². The molecule has 0 aromatic heterocycles. The molecule has 0 bridgehead atoms. The molecule has 0 aliphatic carbocycles. The molecule has 2 nitrogen and oxygen atoms in total. The fraction of sp³-hybridized carbons (Fsp3) is 0.913. The third-order valence-electron chi connectivity index (χ3n) is 4.58. The molecule has 0 aliphatic rings. The van der Waals surface area contributed by atoms with Gasteiger partial charge in [-0.2, -0.15) is 0 Å². The average Bonchev–Trinajstić information content (AvgIpc) is 2.65. The summed E-state index contributed by atoms with van der Waals surface area (Å²) in [4.78, 5) is 0. The van der Waals surface area contributed by atoms with E-state index in [0.29, 0.717) is 0 Å². The van der Waals surface area contributed by atoms with Gasteiger partial charge in [-0.15, -0.1) is 0 Å². The van der Waals surface area contributed by atoms with Gasteiger partial charge in [0, 0.05) is 13.2 Å². The molecule has 0 saturated carbocycles. The van der Waals surface area contributed by atoms with Crippen molar-refractivity contribution >= 4 is 22.6 Å². The van der Waals surface area contributed by atoms with Crippen LogP contribution < -0.4 is 0 Å². The van der Waals surface area contributed by atoms with E-state index in [4.69, 9.17) is 9.47 Å². The number of ether oxygens (including phenoxy) is 2. The van der Waals surface area contributed by atoms with Gasteiger partial charge in [-0.05, 0) is 55.8 Å². The number of rotatable bonds is 21. The highest BCUT2D eigenvalue weighted by Gasteiger charge is 2.09. The molecule has 0 aromatic rings. The summed E-state index contributed by atoms with van der Waals surface area (Å²) in [5.41, 5.74) is 0. The number of allylic oxidation sites excluding steroid dienone is 2. The first-order chi connectivity index (χ1) is 12.8. The molecule has 156 valence electrons. The van der Waals surface area contributed by atoms with Gasteiger partial charge in [-0.25, -0.2) is 0 Å². The van der Waals surface area contributed by atoms with Gasteiger partial charge in [-0.3, -0.25) is 0 Å². The lowest BCUT2D eigenvalue weighted by atomic mass is 10.1. The number of hydrogen-bond donors (Lipinski definition) is 0. The zero-order chi connectivity index (χ0) is 19.1. The maximum absolute atomic E-state index is 6.03. The van der Waals surface area contributed by atoms with Crippen molar-refractivity contribution in [2.75, 3.05) is 17.6 Å². The molecule has 0 rings (SSSR count). The standard InChI is InChI=1S/C23H45IO2/c1-3-5-7-17-21-25-23(26-22-18-8-6-4-2)19-15-13-11-9-10-12-14-16-20-24/h10,12,23H,3-9,11,13-22H2,1-2H3/b12-10-. The largest absolute Gasteiger partial charge is 0.353 e. The lowest BCUT2D eigenvalue weighted by Gasteiger charge is -2.19. The Morgan fingerprint density at radius 2 is 1.19 bits per heavy atom. The van der Waals surface area contributed by atoms with Gasteiger partial charge in [0.2, 0.25) is 0 Å². The number of alkyl halides is 1. The Kier molecular flexibility index (Phi) is 23.8. The Hall–Kier alpha value is 0.390. The van der Waals surface area contributed by atoms with E-state index in [-0.39, 0.29) is 6.29 Å². The second kappa shape index (κ2) is 23.4. The monoisotopic (exact) mass is 480 g/mol. The number of unbranched alkanes of at least 4 members (excludes halogenated alkanes) is 10. The van der Waals surface area contributed by atoms with Crippen molar-refractivity contribution in [2.45, 2.75) is 116 Å². The van der Waals surface area contributed by atoms with E-state index < -0.39 is 0 Å². The molecule has 3 heteroatoms. The summed E-state index contributed by atoms with van der Waals surface area (Å²) < 4.78 is 13.3. The Morgan fingerprint density at radius 3 is 1.73 bits per heavy atom. The Balaban J connectivity index is 3.78. The highest BCUT2D eigenvalue weighted by molar-refractivity contribution is 14.1. The Morgan fingerprint density at radius 1 is 0.654 bits per heavy atom. The van der Waals surface area contributed by atoms with Crippen LogP contribution in [0.15, 0.2) is 12.2 Å². The van der Waals surface area contributed by atoms with Crippen LogP contribution in [-0.2, 0) is 9.47 Å². The minimum atomic E-state index is 0.0254. The number of halogens is 1. The summed E-state index contributed by atoms with van der Waals surface area (Å²) >= 11 is 2.45. The van der Waals surface area contributed by atoms with Crippen LogP contribution in [0.5, 0.6) is 0 Å². The molecule has 0 unspecified atom stereocenters. The molecular formula is C23H45IO2. The average molecular weight is 481 g/mol. The van der Waals surface area contributed by atoms with E-state index in [2.05, 4.69) is 48.6 Å². The van der Waals surface area contributed by atoms with Crippen molar-refractivity contribution in [1.29, 1.82) is 0 Å². The van der Waals surface area contributed by atoms with Crippen LogP contribution in [0.4, 0.5) is 0 Å². The first-order valence-corrected chi connectivity index (χ1v) is 12.8. The predicted octanol–water partition coefficient (Wildman–Crippen LogP) is 8.23. The molecule has 0 aliphatic heterocycles. The first-order valence-electron chi connectivity index (χ1n) is 11.3. The normalized spacial score (nSPS) is 11.8. The van der Waals surface area contributed by atoms with Gasteiger partial charge in [0.1, 0.15) is 0 Å². The van der Waals surface area contributed by atoms with Crippen LogP contribution in [0.25, 0.3) is 0 Å². The van der Waals surface area contributed by atoms with Crippen LogP contribution in [-0.4, -0.2) is 23.9 Å². The van der Waals surface area contributed by atoms with E-state index in [1.54, 1.807) is 0 Å². The molecule has 0 saturated heterocycles. The van der Waals surface area contributed by atoms with E-state index in [9.17, 15) is 0 Å². The topological polar surface area (TPSA) is 18.5 Å². The van der Waals surface area contributed by atoms with Crippen LogP contribution >= 0.6 is 22.6 Å². The highest BCUT2D eigenvalue weighted by atomic mass is 127. The van der Waals surface area contributed by atoms with Crippen molar-refractivity contribution in [1.82, 2.24) is 0 Å². The van der Waals surface area contributed by atoms with E-state index >= 15 is 0 Å². The lowest BCUT2D eigenvalue weighted by molar-refractivity contribution is -0.148. The van der Waals surface area contributed by atoms with Crippen molar-refractivity contribution in [2.24, 2.45) is 0 Å². The molecular weight excluding hydrogens is 435 g/mol. The van der Waals surface area contributed by atoms with Crippen LogP contribution in [0.1, 0.15) is 110 Å². The smallest absolute Gasteiger partial charge is 0.157 e. The zero-order valence-electron chi connectivity index (χ0n) is 17.7. The van der Waals surface area contributed by atoms with Gasteiger partial charge >= 0.3 is 0 Å². The molecule has 0 fully saturated rings. The van der Waals surface area contributed by atoms with Crippen LogP contribution in [0.2, 0.25) is 0 Å². The maximum atomic E-state index is 6.03. The third kappa shape index (κ3) is 20.7. The van der Waals surface area contributed by atoms with Crippen molar-refractivity contribution in [3.63, 3.8) is 0 Å². The molecule has 0 N–H and O–H groups in total. The van der Waals surface area contributed by atoms with Crippen LogP contribution in [0.3, 0.4) is 0 Å². The molecule has 0 aromatic carbocycles. The Bertz CT molecular complexity index is 267. The summed E-state index contributed by atoms with van der Waals surface area (Å²) in [6, 6.07) is 0. The van der Waals surface area contributed by atoms with Gasteiger partial charge in [-0.1, -0.05) is 93.5 Å². The van der Waals surface area contributed by atoms with Crippen molar-refractivity contribution in [3.8, 4) is 0 Å². The molecule has 0 amide bonds. The van der Waals surface area contributed by atoms with E-state index in [1.165, 1.54) is 94.3 Å². The zero-order valence-corrected chi connectivity index (χ0v) is 19.8. The fourth-order valence-corrected chi connectivity index (χ4v) is 3.32. The van der Waals surface area contributed by atoms with Crippen molar-refractivity contribution < 1.29 is 9.47 Å². The van der Waals surface area contributed by atoms with Crippen LogP contribution in [0, 0.1) is 0 Å². The summed E-state index contributed by atoms with van der Waals surface area (Å²) in [6.07, 6.45) is 23.5. The molecule has 0 spiro atoms. The molecule has 0 radical (unpaired) electrons. The minimum Gasteiger partial charge on any atom is -0.353 e. The third-order valence-corrected chi connectivity index (χ3v) is 5.35. The van der Waals surface area contributed by atoms with E-state index in [0.717, 1.165) is 19.6 Å². The number of hydrogen-bond acceptors (Lipinski definition) is 2. The summed E-state index contributed by atoms with van der Waals surface area (Å²) in [5.74, 6) is 0. The highest BCUT2D eigenvalue weighted by Crippen LogP contribution is 2.13. The Labute approximate surface area is 178 Å².